The summed E-state index contributed by atoms with van der Waals surface area (Å²) in [6.07, 6.45) is 0.0380. The number of benzene rings is 1. The first-order valence-electron chi connectivity index (χ1n) is 6.87. The third-order valence-corrected chi connectivity index (χ3v) is 3.79. The number of rotatable bonds is 4. The number of hydrogen-bond acceptors (Lipinski definition) is 4. The van der Waals surface area contributed by atoms with Crippen molar-refractivity contribution in [3.8, 4) is 0 Å². The normalized spacial score (nSPS) is 19.1. The number of ether oxygens (including phenoxy) is 2. The Labute approximate surface area is 128 Å². The van der Waals surface area contributed by atoms with Crippen LogP contribution in [0.25, 0.3) is 0 Å². The number of nitrogens with one attached hydrogen (secondary N) is 1. The van der Waals surface area contributed by atoms with E-state index in [2.05, 4.69) is 5.32 Å². The number of carbonyl (C=O) groups is 2. The van der Waals surface area contributed by atoms with Gasteiger partial charge in [-0.25, -0.2) is 4.79 Å². The number of carbonyl (C=O) groups excluding carboxylic acids is 2. The highest BCUT2D eigenvalue weighted by molar-refractivity contribution is 6.31. The molecule has 1 fully saturated rings. The smallest absolute Gasteiger partial charge is 0.336 e. The lowest BCUT2D eigenvalue weighted by atomic mass is 10.2. The van der Waals surface area contributed by atoms with Gasteiger partial charge in [-0.3, -0.25) is 4.79 Å². The van der Waals surface area contributed by atoms with Gasteiger partial charge in [-0.1, -0.05) is 17.7 Å². The Hall–Kier alpha value is -1.59. The zero-order valence-electron chi connectivity index (χ0n) is 12.0. The van der Waals surface area contributed by atoms with E-state index >= 15 is 0 Å². The molecule has 0 radical (unpaired) electrons. The van der Waals surface area contributed by atoms with E-state index in [4.69, 9.17) is 21.1 Å². The first kappa shape index (κ1) is 15.8. The predicted molar refractivity (Wildman–Crippen MR) is 79.3 cm³/mol. The van der Waals surface area contributed by atoms with Crippen LogP contribution in [-0.4, -0.2) is 30.7 Å². The maximum absolute atomic E-state index is 12.1. The Balaban J connectivity index is 1.93. The van der Waals surface area contributed by atoms with E-state index in [1.807, 2.05) is 0 Å². The largest absolute Gasteiger partial charge is 0.451 e. The van der Waals surface area contributed by atoms with Gasteiger partial charge in [0.25, 0.3) is 5.91 Å². The minimum Gasteiger partial charge on any atom is -0.451 e. The second kappa shape index (κ2) is 6.91. The molecule has 1 aromatic rings. The summed E-state index contributed by atoms with van der Waals surface area (Å²) < 4.78 is 10.4. The summed E-state index contributed by atoms with van der Waals surface area (Å²) in [7, 11) is 0. The Morgan fingerprint density at radius 3 is 2.90 bits per heavy atom. The molecule has 0 spiro atoms. The van der Waals surface area contributed by atoms with Crippen molar-refractivity contribution in [3.05, 3.63) is 28.8 Å². The van der Waals surface area contributed by atoms with Crippen molar-refractivity contribution >= 4 is 29.2 Å². The van der Waals surface area contributed by atoms with Gasteiger partial charge in [0.05, 0.1) is 0 Å². The van der Waals surface area contributed by atoms with E-state index in [0.717, 1.165) is 12.0 Å². The minimum absolute atomic E-state index is 0.397. The van der Waals surface area contributed by atoms with Crippen LogP contribution in [0.3, 0.4) is 0 Å². The predicted octanol–water partition coefficient (Wildman–Crippen LogP) is 2.70. The molecular weight excluding hydrogens is 294 g/mol. The zero-order valence-corrected chi connectivity index (χ0v) is 12.8. The lowest BCUT2D eigenvalue weighted by Gasteiger charge is -2.17. The van der Waals surface area contributed by atoms with Crippen LogP contribution in [0.1, 0.15) is 25.3 Å². The molecule has 0 bridgehead atoms. The molecule has 1 saturated heterocycles. The van der Waals surface area contributed by atoms with Gasteiger partial charge in [-0.15, -0.1) is 0 Å². The summed E-state index contributed by atoms with van der Waals surface area (Å²) >= 11 is 5.99. The van der Waals surface area contributed by atoms with Crippen LogP contribution in [0.4, 0.5) is 5.69 Å². The quantitative estimate of drug-likeness (QED) is 0.868. The maximum atomic E-state index is 12.1. The van der Waals surface area contributed by atoms with Crippen LogP contribution in [0.15, 0.2) is 18.2 Å². The standard InChI is InChI=1S/C15H18ClNO4/c1-9-11(16)5-3-6-12(9)17-14(18)10(2)21-15(19)13-7-4-8-20-13/h3,5-6,10,13H,4,7-8H2,1-2H3,(H,17,18)/t10-,13+/m1/s1. The highest BCUT2D eigenvalue weighted by Crippen LogP contribution is 2.23. The summed E-state index contributed by atoms with van der Waals surface area (Å²) in [5.74, 6) is -0.885. The van der Waals surface area contributed by atoms with Crippen molar-refractivity contribution in [2.75, 3.05) is 11.9 Å². The molecule has 1 N–H and O–H groups in total. The second-order valence-electron chi connectivity index (χ2n) is 4.98. The van der Waals surface area contributed by atoms with Gasteiger partial charge in [0.2, 0.25) is 0 Å². The highest BCUT2D eigenvalue weighted by atomic mass is 35.5. The molecule has 0 aromatic heterocycles. The summed E-state index contributed by atoms with van der Waals surface area (Å²) in [6, 6.07) is 5.23. The zero-order chi connectivity index (χ0) is 15.4. The average molecular weight is 312 g/mol. The molecule has 5 nitrogen and oxygen atoms in total. The summed E-state index contributed by atoms with van der Waals surface area (Å²) in [5, 5.41) is 3.27. The van der Waals surface area contributed by atoms with Crippen molar-refractivity contribution in [2.24, 2.45) is 0 Å². The number of anilines is 1. The van der Waals surface area contributed by atoms with Gasteiger partial charge in [-0.05, 0) is 44.4 Å². The average Bonchev–Trinajstić information content (AvgIpc) is 2.98. The van der Waals surface area contributed by atoms with Gasteiger partial charge in [0.15, 0.2) is 12.2 Å². The van der Waals surface area contributed by atoms with Gasteiger partial charge in [0, 0.05) is 17.3 Å². The first-order chi connectivity index (χ1) is 9.99. The van der Waals surface area contributed by atoms with Crippen LogP contribution in [0.5, 0.6) is 0 Å². The molecule has 0 unspecified atom stereocenters. The molecule has 2 atom stereocenters. The SMILES string of the molecule is Cc1c(Cl)cccc1NC(=O)[C@@H](C)OC(=O)[C@@H]1CCCO1. The topological polar surface area (TPSA) is 64.6 Å². The van der Waals surface area contributed by atoms with Crippen LogP contribution in [0.2, 0.25) is 5.02 Å². The molecule has 1 aromatic carbocycles. The van der Waals surface area contributed by atoms with Crippen LogP contribution >= 0.6 is 11.6 Å². The Morgan fingerprint density at radius 1 is 1.48 bits per heavy atom. The van der Waals surface area contributed by atoms with E-state index < -0.39 is 24.1 Å². The molecule has 0 saturated carbocycles. The van der Waals surface area contributed by atoms with E-state index in [9.17, 15) is 9.59 Å². The van der Waals surface area contributed by atoms with Crippen molar-refractivity contribution in [2.45, 2.75) is 38.9 Å². The number of esters is 1. The summed E-state index contributed by atoms with van der Waals surface area (Å²) in [4.78, 5) is 23.8. The van der Waals surface area contributed by atoms with E-state index in [-0.39, 0.29) is 0 Å². The summed E-state index contributed by atoms with van der Waals surface area (Å²) in [5.41, 5.74) is 1.37. The molecule has 1 aliphatic rings. The van der Waals surface area contributed by atoms with Crippen molar-refractivity contribution in [1.82, 2.24) is 0 Å². The highest BCUT2D eigenvalue weighted by Gasteiger charge is 2.28. The lowest BCUT2D eigenvalue weighted by Crippen LogP contribution is -2.34. The molecule has 1 heterocycles. The number of hydrogen-bond donors (Lipinski definition) is 1. The third-order valence-electron chi connectivity index (χ3n) is 3.38. The fourth-order valence-corrected chi connectivity index (χ4v) is 2.22. The Kier molecular flexibility index (Phi) is 5.20. The van der Waals surface area contributed by atoms with Crippen molar-refractivity contribution in [1.29, 1.82) is 0 Å². The van der Waals surface area contributed by atoms with Crippen LogP contribution < -0.4 is 5.32 Å². The number of amides is 1. The Bertz CT molecular complexity index is 540. The minimum atomic E-state index is -0.889. The molecule has 0 aliphatic carbocycles. The fourth-order valence-electron chi connectivity index (χ4n) is 2.04. The maximum Gasteiger partial charge on any atom is 0.336 e. The fraction of sp³-hybridized carbons (Fsp3) is 0.467. The molecular formula is C15H18ClNO4. The van der Waals surface area contributed by atoms with Gasteiger partial charge >= 0.3 is 5.97 Å². The van der Waals surface area contributed by atoms with Gasteiger partial charge in [-0.2, -0.15) is 0 Å². The third kappa shape index (κ3) is 3.95. The lowest BCUT2D eigenvalue weighted by molar-refractivity contribution is -0.162. The monoisotopic (exact) mass is 311 g/mol. The summed E-state index contributed by atoms with van der Waals surface area (Å²) in [6.45, 7) is 3.89. The second-order valence-corrected chi connectivity index (χ2v) is 5.39. The van der Waals surface area contributed by atoms with E-state index in [1.165, 1.54) is 6.92 Å². The van der Waals surface area contributed by atoms with Crippen LogP contribution in [-0.2, 0) is 19.1 Å². The van der Waals surface area contributed by atoms with Gasteiger partial charge < -0.3 is 14.8 Å². The van der Waals surface area contributed by atoms with E-state index in [0.29, 0.717) is 23.7 Å². The van der Waals surface area contributed by atoms with Crippen LogP contribution in [0, 0.1) is 6.92 Å². The molecule has 21 heavy (non-hydrogen) atoms. The first-order valence-corrected chi connectivity index (χ1v) is 7.25. The Morgan fingerprint density at radius 2 is 2.24 bits per heavy atom. The molecule has 6 heteroatoms. The molecule has 114 valence electrons. The van der Waals surface area contributed by atoms with Gasteiger partial charge in [0.1, 0.15) is 0 Å². The molecule has 2 rings (SSSR count). The van der Waals surface area contributed by atoms with Crippen molar-refractivity contribution in [3.63, 3.8) is 0 Å². The molecule has 1 aliphatic heterocycles. The molecule has 1 amide bonds. The van der Waals surface area contributed by atoms with E-state index in [1.54, 1.807) is 25.1 Å². The number of halogens is 1. The van der Waals surface area contributed by atoms with Crippen molar-refractivity contribution < 1.29 is 19.1 Å².